The fourth-order valence-corrected chi connectivity index (χ4v) is 4.87. The van der Waals surface area contributed by atoms with Crippen LogP contribution in [0.3, 0.4) is 0 Å². The van der Waals surface area contributed by atoms with Crippen molar-refractivity contribution in [2.45, 2.75) is 30.2 Å². The van der Waals surface area contributed by atoms with Gasteiger partial charge < -0.3 is 9.84 Å². The van der Waals surface area contributed by atoms with E-state index >= 15 is 0 Å². The van der Waals surface area contributed by atoms with Gasteiger partial charge >= 0.3 is 12.1 Å². The third-order valence-corrected chi connectivity index (χ3v) is 6.56. The molecule has 1 atom stereocenters. The van der Waals surface area contributed by atoms with Crippen LogP contribution < -0.4 is 4.74 Å². The molecular weight excluding hydrogens is 465 g/mol. The second-order valence-corrected chi connectivity index (χ2v) is 9.06. The number of aromatic nitrogens is 2. The lowest BCUT2D eigenvalue weighted by Gasteiger charge is -2.18. The molecule has 0 fully saturated rings. The average molecular weight is 487 g/mol. The van der Waals surface area contributed by atoms with Crippen molar-refractivity contribution in [3.63, 3.8) is 0 Å². The number of carbonyl (C=O) groups is 1. The van der Waals surface area contributed by atoms with Gasteiger partial charge in [-0.05, 0) is 67.4 Å². The van der Waals surface area contributed by atoms with Crippen LogP contribution >= 0.6 is 11.8 Å². The van der Waals surface area contributed by atoms with E-state index in [4.69, 9.17) is 9.84 Å². The fourth-order valence-electron chi connectivity index (χ4n) is 3.62. The first-order valence-electron chi connectivity index (χ1n) is 10.4. The van der Waals surface area contributed by atoms with Gasteiger partial charge in [0.05, 0.1) is 22.0 Å². The molecule has 0 saturated heterocycles. The molecule has 0 aliphatic carbocycles. The minimum atomic E-state index is -4.41. The number of ether oxygens (including phenoxy) is 1. The number of thioether (sulfide) groups is 1. The molecule has 0 spiro atoms. The van der Waals surface area contributed by atoms with Crippen molar-refractivity contribution in [2.75, 3.05) is 6.61 Å². The fraction of sp³-hybridized carbons (Fsp3) is 0.200. The normalized spacial score (nSPS) is 12.6. The Bertz CT molecular complexity index is 1330. The third kappa shape index (κ3) is 5.20. The van der Waals surface area contributed by atoms with E-state index in [1.807, 2.05) is 38.1 Å². The highest BCUT2D eigenvalue weighted by Crippen LogP contribution is 2.43. The summed E-state index contributed by atoms with van der Waals surface area (Å²) in [6.07, 6.45) is -4.41. The molecule has 0 aliphatic rings. The standard InChI is InChI=1S/C25H21F3N2O3S/c1-14-3-9-20-19(11-14)23(30-29-20)24(16-4-6-17(7-5-16)25(26,27)28)34-18-8-10-21(15(2)12-18)33-13-22(31)32/h3-12,24H,13H2,1-2H3,(H,29,30)(H,31,32). The number of fused-ring (bicyclic) bond motifs is 1. The minimum Gasteiger partial charge on any atom is -0.482 e. The molecule has 4 rings (SSSR count). The quantitative estimate of drug-likeness (QED) is 0.290. The highest BCUT2D eigenvalue weighted by atomic mass is 32.2. The lowest BCUT2D eigenvalue weighted by molar-refractivity contribution is -0.139. The van der Waals surface area contributed by atoms with Gasteiger partial charge in [-0.1, -0.05) is 23.8 Å². The van der Waals surface area contributed by atoms with Crippen LogP contribution in [0, 0.1) is 13.8 Å². The molecule has 0 radical (unpaired) electrons. The zero-order valence-corrected chi connectivity index (χ0v) is 19.1. The molecule has 176 valence electrons. The summed E-state index contributed by atoms with van der Waals surface area (Å²) in [6.45, 7) is 3.33. The highest BCUT2D eigenvalue weighted by Gasteiger charge is 2.31. The summed E-state index contributed by atoms with van der Waals surface area (Å²) in [5.74, 6) is -0.609. The average Bonchev–Trinajstić information content (AvgIpc) is 3.19. The van der Waals surface area contributed by atoms with Gasteiger partial charge in [0.2, 0.25) is 0 Å². The molecule has 1 unspecified atom stereocenters. The van der Waals surface area contributed by atoms with Crippen molar-refractivity contribution in [2.24, 2.45) is 0 Å². The minimum absolute atomic E-state index is 0.362. The molecule has 2 N–H and O–H groups in total. The maximum Gasteiger partial charge on any atom is 0.416 e. The van der Waals surface area contributed by atoms with E-state index in [1.165, 1.54) is 23.9 Å². The molecule has 3 aromatic carbocycles. The molecule has 0 amide bonds. The number of carboxylic acids is 1. The van der Waals surface area contributed by atoms with Crippen molar-refractivity contribution >= 4 is 28.6 Å². The number of nitrogens with one attached hydrogen (secondary N) is 1. The van der Waals surface area contributed by atoms with Gasteiger partial charge in [0.25, 0.3) is 0 Å². The molecular formula is C25H21F3N2O3S. The number of aryl methyl sites for hydroxylation is 2. The summed E-state index contributed by atoms with van der Waals surface area (Å²) < 4.78 is 44.7. The Balaban J connectivity index is 1.73. The first kappa shape index (κ1) is 23.7. The zero-order chi connectivity index (χ0) is 24.5. The number of hydrogen-bond acceptors (Lipinski definition) is 4. The number of H-pyrrole nitrogens is 1. The van der Waals surface area contributed by atoms with Crippen LogP contribution in [-0.2, 0) is 11.0 Å². The Hall–Kier alpha value is -3.46. The van der Waals surface area contributed by atoms with Crippen molar-refractivity contribution in [3.05, 3.63) is 88.6 Å². The van der Waals surface area contributed by atoms with Gasteiger partial charge in [0.15, 0.2) is 6.61 Å². The van der Waals surface area contributed by atoms with Gasteiger partial charge in [-0.25, -0.2) is 4.79 Å². The Labute approximate surface area is 198 Å². The highest BCUT2D eigenvalue weighted by molar-refractivity contribution is 7.99. The number of hydrogen-bond donors (Lipinski definition) is 2. The van der Waals surface area contributed by atoms with Crippen LogP contribution in [0.15, 0.2) is 65.6 Å². The van der Waals surface area contributed by atoms with Crippen LogP contribution in [0.2, 0.25) is 0 Å². The number of aliphatic carboxylic acids is 1. The summed E-state index contributed by atoms with van der Waals surface area (Å²) in [5.41, 5.74) is 3.33. The SMILES string of the molecule is Cc1ccc2n[nH]c(C(Sc3ccc(OCC(=O)O)c(C)c3)c3ccc(C(F)(F)F)cc3)c2c1. The molecule has 0 saturated carbocycles. The maximum absolute atomic E-state index is 13.1. The summed E-state index contributed by atoms with van der Waals surface area (Å²) in [6, 6.07) is 16.4. The molecule has 9 heteroatoms. The van der Waals surface area contributed by atoms with Crippen molar-refractivity contribution < 1.29 is 27.8 Å². The lowest BCUT2D eigenvalue weighted by Crippen LogP contribution is -2.10. The summed E-state index contributed by atoms with van der Waals surface area (Å²) >= 11 is 1.46. The van der Waals surface area contributed by atoms with Gasteiger partial charge in [-0.15, -0.1) is 11.8 Å². The van der Waals surface area contributed by atoms with Gasteiger partial charge in [-0.3, -0.25) is 5.10 Å². The molecule has 5 nitrogen and oxygen atoms in total. The molecule has 0 bridgehead atoms. The monoisotopic (exact) mass is 486 g/mol. The smallest absolute Gasteiger partial charge is 0.416 e. The van der Waals surface area contributed by atoms with E-state index in [0.29, 0.717) is 11.3 Å². The second kappa shape index (κ2) is 9.42. The van der Waals surface area contributed by atoms with Crippen molar-refractivity contribution in [3.8, 4) is 5.75 Å². The largest absolute Gasteiger partial charge is 0.482 e. The van der Waals surface area contributed by atoms with Crippen molar-refractivity contribution in [1.82, 2.24) is 10.2 Å². The zero-order valence-electron chi connectivity index (χ0n) is 18.3. The summed E-state index contributed by atoms with van der Waals surface area (Å²) in [7, 11) is 0. The first-order chi connectivity index (χ1) is 16.1. The van der Waals surface area contributed by atoms with Crippen LogP contribution in [0.25, 0.3) is 10.9 Å². The summed E-state index contributed by atoms with van der Waals surface area (Å²) in [4.78, 5) is 11.6. The predicted molar refractivity (Wildman–Crippen MR) is 124 cm³/mol. The van der Waals surface area contributed by atoms with E-state index in [2.05, 4.69) is 10.2 Å². The van der Waals surface area contributed by atoms with E-state index in [9.17, 15) is 18.0 Å². The number of halogens is 3. The molecule has 0 aliphatic heterocycles. The van der Waals surface area contributed by atoms with E-state index in [-0.39, 0.29) is 5.25 Å². The van der Waals surface area contributed by atoms with Crippen LogP contribution in [-0.4, -0.2) is 27.9 Å². The Morgan fingerprint density at radius 2 is 1.82 bits per heavy atom. The number of benzene rings is 3. The van der Waals surface area contributed by atoms with Gasteiger partial charge in [0.1, 0.15) is 5.75 Å². The molecule has 34 heavy (non-hydrogen) atoms. The van der Waals surface area contributed by atoms with E-state index in [0.717, 1.165) is 44.8 Å². The predicted octanol–water partition coefficient (Wildman–Crippen LogP) is 6.54. The lowest BCUT2D eigenvalue weighted by atomic mass is 10.0. The molecule has 4 aromatic rings. The first-order valence-corrected chi connectivity index (χ1v) is 11.2. The summed E-state index contributed by atoms with van der Waals surface area (Å²) in [5, 5.41) is 16.8. The van der Waals surface area contributed by atoms with Crippen LogP contribution in [0.1, 0.15) is 33.2 Å². The third-order valence-electron chi connectivity index (χ3n) is 5.29. The second-order valence-electron chi connectivity index (χ2n) is 7.89. The van der Waals surface area contributed by atoms with Crippen LogP contribution in [0.5, 0.6) is 5.75 Å². The number of carboxylic acid groups (broad SMARTS) is 1. The number of rotatable bonds is 7. The van der Waals surface area contributed by atoms with Gasteiger partial charge in [-0.2, -0.15) is 18.3 Å². The Morgan fingerprint density at radius 1 is 1.09 bits per heavy atom. The van der Waals surface area contributed by atoms with E-state index < -0.39 is 24.3 Å². The molecule has 1 heterocycles. The van der Waals surface area contributed by atoms with Gasteiger partial charge in [0, 0.05) is 10.3 Å². The van der Waals surface area contributed by atoms with E-state index in [1.54, 1.807) is 12.1 Å². The number of nitrogens with zero attached hydrogens (tertiary/aromatic N) is 1. The van der Waals surface area contributed by atoms with Crippen molar-refractivity contribution in [1.29, 1.82) is 0 Å². The topological polar surface area (TPSA) is 75.2 Å². The maximum atomic E-state index is 13.1. The Morgan fingerprint density at radius 3 is 2.47 bits per heavy atom. The van der Waals surface area contributed by atoms with Crippen LogP contribution in [0.4, 0.5) is 13.2 Å². The Kier molecular flexibility index (Phi) is 6.56. The molecule has 1 aromatic heterocycles. The number of alkyl halides is 3. The number of aromatic amines is 1.